The van der Waals surface area contributed by atoms with Gasteiger partial charge in [0.25, 0.3) is 11.8 Å². The molecule has 2 aliphatic carbocycles. The molecule has 2 amide bonds. The molecule has 3 heterocycles. The summed E-state index contributed by atoms with van der Waals surface area (Å²) in [6.45, 7) is 2.31. The molecule has 2 fully saturated rings. The van der Waals surface area contributed by atoms with Gasteiger partial charge in [0, 0.05) is 37.8 Å². The lowest BCUT2D eigenvalue weighted by Crippen LogP contribution is -2.51. The summed E-state index contributed by atoms with van der Waals surface area (Å²) in [4.78, 5) is 42.5. The lowest BCUT2D eigenvalue weighted by atomic mass is 9.97. The summed E-state index contributed by atoms with van der Waals surface area (Å²) in [5.74, 6) is -0.0841. The Hall–Kier alpha value is -3.55. The highest BCUT2D eigenvalue weighted by Gasteiger charge is 2.31. The van der Waals surface area contributed by atoms with Gasteiger partial charge in [0.2, 0.25) is 5.96 Å². The van der Waals surface area contributed by atoms with E-state index >= 15 is 0 Å². The lowest BCUT2D eigenvalue weighted by Gasteiger charge is -2.36. The van der Waals surface area contributed by atoms with Gasteiger partial charge in [-0.25, -0.2) is 9.98 Å². The molecule has 8 nitrogen and oxygen atoms in total. The van der Waals surface area contributed by atoms with E-state index in [9.17, 15) is 9.59 Å². The van der Waals surface area contributed by atoms with Crippen LogP contribution in [-0.2, 0) is 4.79 Å². The van der Waals surface area contributed by atoms with Crippen LogP contribution in [0, 0.1) is 5.92 Å². The first kappa shape index (κ1) is 18.2. The van der Waals surface area contributed by atoms with Gasteiger partial charge < -0.3 is 14.4 Å². The van der Waals surface area contributed by atoms with Gasteiger partial charge in [0.05, 0.1) is 23.1 Å². The van der Waals surface area contributed by atoms with Crippen LogP contribution in [0.3, 0.4) is 0 Å². The van der Waals surface area contributed by atoms with Crippen LogP contribution in [0.25, 0.3) is 11.0 Å². The van der Waals surface area contributed by atoms with Crippen molar-refractivity contribution in [1.29, 1.82) is 0 Å². The Balaban J connectivity index is 1.15. The Bertz CT molecular complexity index is 1210. The average molecular weight is 414 g/mol. The molecular formula is C23H22N6O2. The van der Waals surface area contributed by atoms with Crippen molar-refractivity contribution in [2.45, 2.75) is 18.9 Å². The fourth-order valence-corrected chi connectivity index (χ4v) is 4.40. The van der Waals surface area contributed by atoms with E-state index in [0.29, 0.717) is 43.7 Å². The van der Waals surface area contributed by atoms with Crippen LogP contribution in [0.2, 0.25) is 0 Å². The zero-order chi connectivity index (χ0) is 20.9. The molecule has 1 aromatic heterocycles. The number of fused-ring (bicyclic) bond motifs is 2. The summed E-state index contributed by atoms with van der Waals surface area (Å²) in [6, 6.07) is 6.36. The van der Waals surface area contributed by atoms with Crippen LogP contribution in [0.4, 0.5) is 0 Å². The van der Waals surface area contributed by atoms with Gasteiger partial charge >= 0.3 is 0 Å². The number of nitrogens with zero attached hydrogens (tertiary/aromatic N) is 6. The summed E-state index contributed by atoms with van der Waals surface area (Å²) >= 11 is 0. The van der Waals surface area contributed by atoms with Crippen LogP contribution in [-0.4, -0.2) is 69.0 Å². The van der Waals surface area contributed by atoms with Gasteiger partial charge in [0.15, 0.2) is 0 Å². The zero-order valence-electron chi connectivity index (χ0n) is 17.0. The first-order valence-corrected chi connectivity index (χ1v) is 10.7. The minimum absolute atomic E-state index is 0.0101. The van der Waals surface area contributed by atoms with Crippen LogP contribution in [0.1, 0.15) is 29.2 Å². The predicted molar refractivity (Wildman–Crippen MR) is 117 cm³/mol. The van der Waals surface area contributed by atoms with Crippen molar-refractivity contribution in [3.8, 4) is 0 Å². The number of hydrogen-bond donors (Lipinski definition) is 0. The molecule has 2 aliphatic heterocycles. The lowest BCUT2D eigenvalue weighted by molar-refractivity contribution is -0.118. The molecule has 0 bridgehead atoms. The van der Waals surface area contributed by atoms with E-state index < -0.39 is 0 Å². The molecular weight excluding hydrogens is 392 g/mol. The van der Waals surface area contributed by atoms with Gasteiger partial charge in [-0.05, 0) is 37.1 Å². The van der Waals surface area contributed by atoms with Gasteiger partial charge in [-0.1, -0.05) is 18.2 Å². The fraction of sp³-hybridized carbons (Fsp3) is 0.348. The minimum atomic E-state index is -0.366. The number of benzene rings is 1. The summed E-state index contributed by atoms with van der Waals surface area (Å²) in [6.07, 6.45) is 11.7. The topological polar surface area (TPSA) is 83.2 Å². The van der Waals surface area contributed by atoms with E-state index in [-0.39, 0.29) is 17.7 Å². The first-order chi connectivity index (χ1) is 15.2. The molecule has 0 N–H and O–H groups in total. The number of allylic oxidation sites excluding steroid dienone is 3. The van der Waals surface area contributed by atoms with E-state index in [0.717, 1.165) is 16.7 Å². The molecule has 1 aromatic carbocycles. The number of hydrogen-bond acceptors (Lipinski definition) is 5. The van der Waals surface area contributed by atoms with Gasteiger partial charge in [-0.3, -0.25) is 9.59 Å². The Morgan fingerprint density at radius 3 is 2.68 bits per heavy atom. The van der Waals surface area contributed by atoms with Crippen LogP contribution >= 0.6 is 0 Å². The number of aromatic nitrogens is 2. The summed E-state index contributed by atoms with van der Waals surface area (Å²) in [7, 11) is 0. The van der Waals surface area contributed by atoms with Crippen molar-refractivity contribution in [3.05, 3.63) is 54.4 Å². The number of imidazole rings is 1. The second-order valence-corrected chi connectivity index (χ2v) is 8.37. The fourth-order valence-electron chi connectivity index (χ4n) is 4.40. The number of amides is 2. The number of piperazine rings is 1. The number of carbonyl (C=O) groups is 2. The largest absolute Gasteiger partial charge is 0.337 e. The Labute approximate surface area is 179 Å². The predicted octanol–water partition coefficient (Wildman–Crippen LogP) is 2.21. The van der Waals surface area contributed by atoms with Crippen LogP contribution in [0.5, 0.6) is 0 Å². The first-order valence-electron chi connectivity index (χ1n) is 10.7. The van der Waals surface area contributed by atoms with Crippen LogP contribution in [0.15, 0.2) is 58.8 Å². The highest BCUT2D eigenvalue weighted by Crippen LogP contribution is 2.37. The Morgan fingerprint density at radius 2 is 1.87 bits per heavy atom. The molecule has 1 saturated carbocycles. The minimum Gasteiger partial charge on any atom is -0.337 e. The van der Waals surface area contributed by atoms with E-state index in [2.05, 4.69) is 19.5 Å². The van der Waals surface area contributed by atoms with E-state index in [1.807, 2.05) is 58.6 Å². The number of rotatable bonds is 2. The monoisotopic (exact) mass is 414 g/mol. The van der Waals surface area contributed by atoms with Crippen molar-refractivity contribution < 1.29 is 9.59 Å². The van der Waals surface area contributed by atoms with Crippen molar-refractivity contribution in [1.82, 2.24) is 19.4 Å². The highest BCUT2D eigenvalue weighted by molar-refractivity contribution is 6.21. The number of carbonyl (C=O) groups excluding carboxylic acids is 2. The van der Waals surface area contributed by atoms with E-state index in [4.69, 9.17) is 0 Å². The van der Waals surface area contributed by atoms with E-state index in [1.54, 1.807) is 0 Å². The van der Waals surface area contributed by atoms with Crippen molar-refractivity contribution in [2.24, 2.45) is 15.9 Å². The second kappa shape index (κ2) is 7.01. The van der Waals surface area contributed by atoms with Gasteiger partial charge in [-0.15, -0.1) is 0 Å². The van der Waals surface area contributed by atoms with Gasteiger partial charge in [-0.2, -0.15) is 4.99 Å². The molecule has 31 heavy (non-hydrogen) atoms. The maximum atomic E-state index is 13.1. The summed E-state index contributed by atoms with van der Waals surface area (Å²) in [5, 5.41) is 0. The van der Waals surface area contributed by atoms with Gasteiger partial charge in [0.1, 0.15) is 5.92 Å². The standard InChI is InChI=1S/C23H22N6O2/c30-21-17-3-1-2-4-18(17)25-23(26-21)28-11-9-27(10-12-28)22(31)15-5-8-20-19(13-15)24-14-29(20)16-6-7-16/h1-5,8,13-14,16-17H,6-7,9-12H2. The second-order valence-electron chi connectivity index (χ2n) is 8.37. The van der Waals surface area contributed by atoms with Crippen molar-refractivity contribution in [2.75, 3.05) is 26.2 Å². The zero-order valence-corrected chi connectivity index (χ0v) is 17.0. The molecule has 1 atom stereocenters. The molecule has 1 unspecified atom stereocenters. The summed E-state index contributed by atoms with van der Waals surface area (Å²) in [5.41, 5.74) is 3.35. The van der Waals surface area contributed by atoms with Crippen LogP contribution < -0.4 is 0 Å². The SMILES string of the molecule is O=C1N=C(N2CCN(C(=O)c3ccc4c(c3)ncn4C3CC3)CC2)N=C2C=CC=CC12. The summed E-state index contributed by atoms with van der Waals surface area (Å²) < 4.78 is 2.21. The maximum Gasteiger partial charge on any atom is 0.261 e. The smallest absolute Gasteiger partial charge is 0.261 e. The molecule has 6 rings (SSSR count). The number of guanidine groups is 1. The molecule has 156 valence electrons. The third-order valence-electron chi connectivity index (χ3n) is 6.32. The van der Waals surface area contributed by atoms with E-state index in [1.165, 1.54) is 12.8 Å². The molecule has 0 radical (unpaired) electrons. The average Bonchev–Trinajstić information content (AvgIpc) is 3.57. The molecule has 1 saturated heterocycles. The van der Waals surface area contributed by atoms with Crippen molar-refractivity contribution >= 4 is 34.5 Å². The molecule has 8 heteroatoms. The third kappa shape index (κ3) is 3.19. The Kier molecular flexibility index (Phi) is 4.12. The normalized spacial score (nSPS) is 23.1. The maximum absolute atomic E-state index is 13.1. The quantitative estimate of drug-likeness (QED) is 0.754. The molecule has 0 spiro atoms. The molecule has 2 aromatic rings. The highest BCUT2D eigenvalue weighted by atomic mass is 16.2. The van der Waals surface area contributed by atoms with Crippen molar-refractivity contribution in [3.63, 3.8) is 0 Å². The third-order valence-corrected chi connectivity index (χ3v) is 6.32. The molecule has 4 aliphatic rings. The Morgan fingerprint density at radius 1 is 1.03 bits per heavy atom. The number of aliphatic imine (C=N–C) groups is 2.